The molecule has 0 aliphatic carbocycles. The third kappa shape index (κ3) is 4.16. The van der Waals surface area contributed by atoms with E-state index in [0.29, 0.717) is 5.56 Å². The number of rotatable bonds is 2. The zero-order chi connectivity index (χ0) is 16.0. The zero-order valence-electron chi connectivity index (χ0n) is 11.0. The molecule has 0 spiro atoms. The number of nitro benzene ring substituents is 2. The smallest absolute Gasteiger partial charge is 0.310 e. The number of aromatic hydroxyl groups is 2. The highest BCUT2D eigenvalue weighted by atomic mass is 16.6. The third-order valence-corrected chi connectivity index (χ3v) is 2.49. The predicted octanol–water partition coefficient (Wildman–Crippen LogP) is 2.91. The fourth-order valence-electron chi connectivity index (χ4n) is 1.41. The maximum atomic E-state index is 10.2. The molecule has 0 amide bonds. The van der Waals surface area contributed by atoms with Crippen LogP contribution in [0.15, 0.2) is 42.5 Å². The number of nitro groups is 2. The van der Waals surface area contributed by atoms with Crippen molar-refractivity contribution in [2.45, 2.75) is 6.92 Å². The Labute approximate surface area is 119 Å². The van der Waals surface area contributed by atoms with Crippen LogP contribution in [0.1, 0.15) is 5.56 Å². The van der Waals surface area contributed by atoms with Crippen LogP contribution in [0.5, 0.6) is 11.5 Å². The van der Waals surface area contributed by atoms with Gasteiger partial charge in [-0.2, -0.15) is 0 Å². The molecule has 8 nitrogen and oxygen atoms in total. The normalized spacial score (nSPS) is 9.38. The molecule has 110 valence electrons. The molecule has 0 saturated heterocycles. The van der Waals surface area contributed by atoms with Crippen molar-refractivity contribution in [3.8, 4) is 11.5 Å². The van der Waals surface area contributed by atoms with Gasteiger partial charge in [-0.25, -0.2) is 0 Å². The van der Waals surface area contributed by atoms with Gasteiger partial charge >= 0.3 is 11.4 Å². The monoisotopic (exact) mass is 292 g/mol. The van der Waals surface area contributed by atoms with Gasteiger partial charge in [0.15, 0.2) is 11.5 Å². The van der Waals surface area contributed by atoms with E-state index in [2.05, 4.69) is 0 Å². The van der Waals surface area contributed by atoms with Gasteiger partial charge in [0, 0.05) is 12.1 Å². The summed E-state index contributed by atoms with van der Waals surface area (Å²) in [6.07, 6.45) is 0. The molecule has 0 bridgehead atoms. The molecule has 21 heavy (non-hydrogen) atoms. The summed E-state index contributed by atoms with van der Waals surface area (Å²) in [6, 6.07) is 9.96. The highest BCUT2D eigenvalue weighted by molar-refractivity contribution is 5.49. The van der Waals surface area contributed by atoms with Gasteiger partial charge in [-0.05, 0) is 18.6 Å². The minimum Gasteiger partial charge on any atom is -0.502 e. The van der Waals surface area contributed by atoms with E-state index in [-0.39, 0.29) is 22.9 Å². The molecular weight excluding hydrogens is 280 g/mol. The second-order valence-electron chi connectivity index (χ2n) is 3.95. The lowest BCUT2D eigenvalue weighted by Gasteiger charge is -1.97. The molecule has 0 aliphatic rings. The maximum absolute atomic E-state index is 10.2. The number of benzene rings is 2. The molecule has 0 saturated carbocycles. The molecule has 8 heteroatoms. The lowest BCUT2D eigenvalue weighted by Crippen LogP contribution is -1.88. The minimum absolute atomic E-state index is 0.245. The van der Waals surface area contributed by atoms with E-state index in [1.54, 1.807) is 13.0 Å². The largest absolute Gasteiger partial charge is 0.502 e. The van der Waals surface area contributed by atoms with Gasteiger partial charge in [-0.3, -0.25) is 20.2 Å². The molecule has 0 fully saturated rings. The van der Waals surface area contributed by atoms with Crippen molar-refractivity contribution in [3.05, 3.63) is 68.3 Å². The van der Waals surface area contributed by atoms with Gasteiger partial charge in [0.25, 0.3) is 0 Å². The number of para-hydroxylation sites is 3. The fraction of sp³-hybridized carbons (Fsp3) is 0.0769. The first kappa shape index (κ1) is 15.9. The van der Waals surface area contributed by atoms with Crippen molar-refractivity contribution in [1.82, 2.24) is 0 Å². The molecule has 2 aromatic carbocycles. The van der Waals surface area contributed by atoms with Crippen LogP contribution in [0.2, 0.25) is 0 Å². The van der Waals surface area contributed by atoms with E-state index in [4.69, 9.17) is 10.2 Å². The van der Waals surface area contributed by atoms with Crippen LogP contribution in [0, 0.1) is 27.2 Å². The number of hydrogen-bond acceptors (Lipinski definition) is 6. The topological polar surface area (TPSA) is 127 Å². The lowest BCUT2D eigenvalue weighted by molar-refractivity contribution is -0.386. The van der Waals surface area contributed by atoms with Crippen molar-refractivity contribution in [1.29, 1.82) is 0 Å². The van der Waals surface area contributed by atoms with Gasteiger partial charge in [-0.1, -0.05) is 24.3 Å². The summed E-state index contributed by atoms with van der Waals surface area (Å²) in [5.74, 6) is -0.551. The second-order valence-corrected chi connectivity index (χ2v) is 3.95. The summed E-state index contributed by atoms with van der Waals surface area (Å²) in [5.41, 5.74) is 0.00620. The van der Waals surface area contributed by atoms with Crippen LogP contribution in [-0.4, -0.2) is 20.1 Å². The van der Waals surface area contributed by atoms with E-state index in [1.807, 2.05) is 0 Å². The number of aryl methyl sites for hydroxylation is 1. The first-order valence-electron chi connectivity index (χ1n) is 5.70. The Morgan fingerprint density at radius 3 is 1.81 bits per heavy atom. The van der Waals surface area contributed by atoms with Gasteiger partial charge in [0.2, 0.25) is 0 Å². The van der Waals surface area contributed by atoms with Gasteiger partial charge in [-0.15, -0.1) is 0 Å². The SMILES string of the molecule is Cc1cccc([N+](=O)[O-])c1O.O=[N+]([O-])c1ccccc1O. The van der Waals surface area contributed by atoms with Crippen LogP contribution in [0.3, 0.4) is 0 Å². The molecule has 0 radical (unpaired) electrons. The fourth-order valence-corrected chi connectivity index (χ4v) is 1.41. The first-order chi connectivity index (χ1) is 9.84. The average Bonchev–Trinajstić information content (AvgIpc) is 2.42. The van der Waals surface area contributed by atoms with E-state index >= 15 is 0 Å². The Morgan fingerprint density at radius 2 is 1.38 bits per heavy atom. The summed E-state index contributed by atoms with van der Waals surface area (Å²) in [5, 5.41) is 38.3. The molecule has 0 unspecified atom stereocenters. The molecule has 0 aliphatic heterocycles. The van der Waals surface area contributed by atoms with Gasteiger partial charge in [0.1, 0.15) is 0 Å². The van der Waals surface area contributed by atoms with Crippen molar-refractivity contribution < 1.29 is 20.1 Å². The Hall–Kier alpha value is -3.16. The number of hydrogen-bond donors (Lipinski definition) is 2. The lowest BCUT2D eigenvalue weighted by atomic mass is 10.2. The van der Waals surface area contributed by atoms with Crippen LogP contribution < -0.4 is 0 Å². The Balaban J connectivity index is 0.000000211. The Bertz CT molecular complexity index is 671. The summed E-state index contributed by atoms with van der Waals surface area (Å²) >= 11 is 0. The molecule has 2 rings (SSSR count). The first-order valence-corrected chi connectivity index (χ1v) is 5.70. The molecular formula is C13H12N2O6. The average molecular weight is 292 g/mol. The highest BCUT2D eigenvalue weighted by Crippen LogP contribution is 2.28. The van der Waals surface area contributed by atoms with Crippen molar-refractivity contribution in [2.75, 3.05) is 0 Å². The zero-order valence-corrected chi connectivity index (χ0v) is 11.0. The van der Waals surface area contributed by atoms with Crippen molar-refractivity contribution >= 4 is 11.4 Å². The number of phenols is 2. The van der Waals surface area contributed by atoms with E-state index in [0.717, 1.165) is 0 Å². The molecule has 0 aromatic heterocycles. The number of nitrogens with zero attached hydrogens (tertiary/aromatic N) is 2. The summed E-state index contributed by atoms with van der Waals surface area (Å²) in [7, 11) is 0. The summed E-state index contributed by atoms with van der Waals surface area (Å²) in [4.78, 5) is 19.0. The Morgan fingerprint density at radius 1 is 0.857 bits per heavy atom. The minimum atomic E-state index is -0.630. The van der Waals surface area contributed by atoms with Crippen LogP contribution in [0.4, 0.5) is 11.4 Å². The maximum Gasteiger partial charge on any atom is 0.310 e. The van der Waals surface area contributed by atoms with Gasteiger partial charge < -0.3 is 10.2 Å². The van der Waals surface area contributed by atoms with E-state index in [9.17, 15) is 20.2 Å². The van der Waals surface area contributed by atoms with Crippen molar-refractivity contribution in [3.63, 3.8) is 0 Å². The van der Waals surface area contributed by atoms with Crippen LogP contribution in [-0.2, 0) is 0 Å². The Kier molecular flexibility index (Phi) is 5.18. The molecule has 2 N–H and O–H groups in total. The third-order valence-electron chi connectivity index (χ3n) is 2.49. The predicted molar refractivity (Wildman–Crippen MR) is 74.3 cm³/mol. The quantitative estimate of drug-likeness (QED) is 0.647. The molecule has 0 heterocycles. The standard InChI is InChI=1S/C7H7NO3.C6H5NO3/c1-5-3-2-4-6(7(5)9)8(10)11;8-6-4-2-1-3-5(6)7(9)10/h2-4,9H,1H3;1-4,8H. The number of phenolic OH excluding ortho intramolecular Hbond substituents is 2. The summed E-state index contributed by atoms with van der Waals surface area (Å²) < 4.78 is 0. The molecule has 2 aromatic rings. The molecule has 0 atom stereocenters. The second kappa shape index (κ2) is 6.85. The van der Waals surface area contributed by atoms with E-state index in [1.165, 1.54) is 36.4 Å². The summed E-state index contributed by atoms with van der Waals surface area (Å²) in [6.45, 7) is 1.61. The highest BCUT2D eigenvalue weighted by Gasteiger charge is 2.13. The van der Waals surface area contributed by atoms with E-state index < -0.39 is 9.85 Å². The van der Waals surface area contributed by atoms with Crippen molar-refractivity contribution in [2.24, 2.45) is 0 Å². The van der Waals surface area contributed by atoms with Crippen LogP contribution in [0.25, 0.3) is 0 Å². The van der Waals surface area contributed by atoms with Crippen LogP contribution >= 0.6 is 0 Å². The van der Waals surface area contributed by atoms with Gasteiger partial charge in [0.05, 0.1) is 9.85 Å².